The van der Waals surface area contributed by atoms with Crippen LogP contribution in [0, 0.1) is 6.92 Å². The predicted octanol–water partition coefficient (Wildman–Crippen LogP) is 4.02. The highest BCUT2D eigenvalue weighted by Crippen LogP contribution is 2.36. The normalized spacial score (nSPS) is 16.8. The lowest BCUT2D eigenvalue weighted by Gasteiger charge is -2.36. The van der Waals surface area contributed by atoms with Crippen LogP contribution in [0.1, 0.15) is 65.5 Å². The number of carbonyl (C=O) groups excluding carboxylic acids is 1. The monoisotopic (exact) mass is 408 g/mol. The minimum atomic E-state index is -0.0838. The quantitative estimate of drug-likeness (QED) is 0.634. The second-order valence-electron chi connectivity index (χ2n) is 7.27. The van der Waals surface area contributed by atoms with Gasteiger partial charge in [0, 0.05) is 37.1 Å². The van der Waals surface area contributed by atoms with E-state index in [1.807, 2.05) is 30.2 Å². The number of hydrogen-bond acceptors (Lipinski definition) is 7. The number of hydrogen-bond donors (Lipinski definition) is 0. The maximum Gasteiger partial charge on any atom is 0.268 e. The van der Waals surface area contributed by atoms with Crippen LogP contribution in [0.5, 0.6) is 0 Å². The molecule has 0 N–H and O–H groups in total. The molecule has 0 unspecified atom stereocenters. The van der Waals surface area contributed by atoms with Crippen LogP contribution in [0.2, 0.25) is 0 Å². The predicted molar refractivity (Wildman–Crippen MR) is 112 cm³/mol. The zero-order valence-corrected chi connectivity index (χ0v) is 17.5. The number of pyridine rings is 1. The molecular formula is C21H24N6OS. The van der Waals surface area contributed by atoms with Gasteiger partial charge in [0.25, 0.3) is 5.91 Å². The minimum Gasteiger partial charge on any atom is -0.329 e. The van der Waals surface area contributed by atoms with Crippen molar-refractivity contribution in [2.24, 2.45) is 0 Å². The zero-order valence-electron chi connectivity index (χ0n) is 16.7. The van der Waals surface area contributed by atoms with E-state index in [0.29, 0.717) is 17.1 Å². The van der Waals surface area contributed by atoms with Crippen LogP contribution in [0.25, 0.3) is 11.1 Å². The number of carbonyl (C=O) groups is 1. The van der Waals surface area contributed by atoms with Crippen LogP contribution < -0.4 is 0 Å². The van der Waals surface area contributed by atoms with Gasteiger partial charge >= 0.3 is 0 Å². The first-order valence-corrected chi connectivity index (χ1v) is 10.8. The van der Waals surface area contributed by atoms with Crippen molar-refractivity contribution in [3.8, 4) is 11.1 Å². The molecule has 150 valence electrons. The average molecular weight is 409 g/mol. The smallest absolute Gasteiger partial charge is 0.268 e. The molecule has 1 fully saturated rings. The highest BCUT2D eigenvalue weighted by atomic mass is 32.1. The van der Waals surface area contributed by atoms with Gasteiger partial charge in [-0.2, -0.15) is 0 Å². The van der Waals surface area contributed by atoms with E-state index in [4.69, 9.17) is 4.98 Å². The number of aromatic nitrogens is 5. The van der Waals surface area contributed by atoms with Crippen molar-refractivity contribution in [3.05, 3.63) is 52.8 Å². The molecule has 0 saturated carbocycles. The summed E-state index contributed by atoms with van der Waals surface area (Å²) < 4.78 is 3.95. The molecule has 0 aromatic carbocycles. The Morgan fingerprint density at radius 2 is 2.10 bits per heavy atom. The molecule has 1 aliphatic heterocycles. The lowest BCUT2D eigenvalue weighted by molar-refractivity contribution is 0.0610. The van der Waals surface area contributed by atoms with E-state index in [0.717, 1.165) is 54.7 Å². The molecule has 1 amide bonds. The van der Waals surface area contributed by atoms with Gasteiger partial charge in [0.2, 0.25) is 0 Å². The van der Waals surface area contributed by atoms with Crippen molar-refractivity contribution < 1.29 is 4.79 Å². The van der Waals surface area contributed by atoms with Crippen molar-refractivity contribution >= 4 is 17.4 Å². The summed E-state index contributed by atoms with van der Waals surface area (Å²) in [5, 5.41) is 4.02. The third-order valence-corrected chi connectivity index (χ3v) is 6.07. The van der Waals surface area contributed by atoms with Crippen LogP contribution in [0.4, 0.5) is 0 Å². The van der Waals surface area contributed by atoms with Crippen LogP contribution in [0.15, 0.2) is 30.7 Å². The van der Waals surface area contributed by atoms with Gasteiger partial charge in [0.05, 0.1) is 17.4 Å². The topological polar surface area (TPSA) is 84.8 Å². The third-order valence-electron chi connectivity index (χ3n) is 5.26. The highest BCUT2D eigenvalue weighted by Gasteiger charge is 2.33. The Hall–Kier alpha value is -2.74. The molecule has 7 nitrogen and oxygen atoms in total. The van der Waals surface area contributed by atoms with E-state index in [1.165, 1.54) is 11.5 Å². The molecule has 4 rings (SSSR count). The van der Waals surface area contributed by atoms with Crippen molar-refractivity contribution in [2.75, 3.05) is 6.54 Å². The highest BCUT2D eigenvalue weighted by molar-refractivity contribution is 7.07. The molecule has 0 radical (unpaired) electrons. The molecule has 1 saturated heterocycles. The Bertz CT molecular complexity index is 990. The molecule has 3 aromatic heterocycles. The average Bonchev–Trinajstić information content (AvgIpc) is 3.20. The van der Waals surface area contributed by atoms with Crippen molar-refractivity contribution in [1.82, 2.24) is 29.4 Å². The Balaban J connectivity index is 1.78. The van der Waals surface area contributed by atoms with Crippen LogP contribution in [0.3, 0.4) is 0 Å². The van der Waals surface area contributed by atoms with E-state index >= 15 is 0 Å². The largest absolute Gasteiger partial charge is 0.329 e. The van der Waals surface area contributed by atoms with Crippen LogP contribution >= 0.6 is 11.5 Å². The maximum atomic E-state index is 13.3. The number of aryl methyl sites for hydroxylation is 2. The molecule has 4 heterocycles. The summed E-state index contributed by atoms with van der Waals surface area (Å²) in [7, 11) is 0. The lowest BCUT2D eigenvalue weighted by atomic mass is 9.93. The molecule has 0 aliphatic carbocycles. The van der Waals surface area contributed by atoms with Crippen molar-refractivity contribution in [2.45, 2.75) is 52.0 Å². The summed E-state index contributed by atoms with van der Waals surface area (Å²) in [6.07, 6.45) is 10.2. The third kappa shape index (κ3) is 4.03. The molecule has 0 spiro atoms. The van der Waals surface area contributed by atoms with Gasteiger partial charge in [-0.05, 0) is 61.8 Å². The summed E-state index contributed by atoms with van der Waals surface area (Å²) in [5.74, 6) is 0.826. The molecule has 3 aromatic rings. The van der Waals surface area contributed by atoms with Gasteiger partial charge < -0.3 is 4.90 Å². The van der Waals surface area contributed by atoms with Crippen molar-refractivity contribution in [3.63, 3.8) is 0 Å². The molecule has 8 heteroatoms. The van der Waals surface area contributed by atoms with E-state index < -0.39 is 0 Å². The van der Waals surface area contributed by atoms with Crippen molar-refractivity contribution in [1.29, 1.82) is 0 Å². The first-order chi connectivity index (χ1) is 14.2. The molecule has 1 atom stereocenters. The second-order valence-corrected chi connectivity index (χ2v) is 8.02. The Labute approximate surface area is 174 Å². The summed E-state index contributed by atoms with van der Waals surface area (Å²) in [6.45, 7) is 4.67. The first-order valence-electron chi connectivity index (χ1n) is 10.0. The summed E-state index contributed by atoms with van der Waals surface area (Å²) >= 11 is 1.17. The standard InChI is InChI=1S/C21H24N6OS/c1-3-6-18-23-13-16(15-8-10-22-11-9-15)19(24-18)17-7-4-5-12-27(17)21(28)20-14(2)25-26-29-20/h8-11,13,17H,3-7,12H2,1-2H3/t17-/m0/s1. The van der Waals surface area contributed by atoms with Gasteiger partial charge in [0.1, 0.15) is 10.7 Å². The lowest BCUT2D eigenvalue weighted by Crippen LogP contribution is -2.39. The van der Waals surface area contributed by atoms with E-state index in [1.54, 1.807) is 12.4 Å². The van der Waals surface area contributed by atoms with Gasteiger partial charge in [-0.1, -0.05) is 11.4 Å². The first kappa shape index (κ1) is 19.6. The Morgan fingerprint density at radius 1 is 1.28 bits per heavy atom. The number of rotatable bonds is 5. The fraction of sp³-hybridized carbons (Fsp3) is 0.429. The summed E-state index contributed by atoms with van der Waals surface area (Å²) in [4.78, 5) is 29.6. The van der Waals surface area contributed by atoms with Gasteiger partial charge in [-0.3, -0.25) is 9.78 Å². The van der Waals surface area contributed by atoms with E-state index in [2.05, 4.69) is 26.5 Å². The maximum absolute atomic E-state index is 13.3. The second kappa shape index (κ2) is 8.73. The van der Waals surface area contributed by atoms with Gasteiger partial charge in [-0.15, -0.1) is 5.10 Å². The molecule has 0 bridgehead atoms. The number of nitrogens with zero attached hydrogens (tertiary/aromatic N) is 6. The van der Waals surface area contributed by atoms with E-state index in [-0.39, 0.29) is 11.9 Å². The fourth-order valence-electron chi connectivity index (χ4n) is 3.80. The number of likely N-dealkylation sites (tertiary alicyclic amines) is 1. The summed E-state index contributed by atoms with van der Waals surface area (Å²) in [5.41, 5.74) is 3.61. The molecule has 1 aliphatic rings. The van der Waals surface area contributed by atoms with Crippen LogP contribution in [-0.4, -0.2) is 41.9 Å². The zero-order chi connectivity index (χ0) is 20.2. The van der Waals surface area contributed by atoms with E-state index in [9.17, 15) is 4.79 Å². The number of piperidine rings is 1. The Kier molecular flexibility index (Phi) is 5.89. The summed E-state index contributed by atoms with van der Waals surface area (Å²) in [6, 6.07) is 3.85. The minimum absolute atomic E-state index is 0.00136. The SMILES string of the molecule is CCCc1ncc(-c2ccncc2)c([C@@H]2CCCCN2C(=O)c2snnc2C)n1. The molecular weight excluding hydrogens is 384 g/mol. The number of amides is 1. The van der Waals surface area contributed by atoms with Gasteiger partial charge in [-0.25, -0.2) is 9.97 Å². The molecule has 29 heavy (non-hydrogen) atoms. The van der Waals surface area contributed by atoms with Gasteiger partial charge in [0.15, 0.2) is 0 Å². The fourth-order valence-corrected chi connectivity index (χ4v) is 4.42. The Morgan fingerprint density at radius 3 is 2.83 bits per heavy atom. The van der Waals surface area contributed by atoms with Crippen LogP contribution in [-0.2, 0) is 6.42 Å².